The Bertz CT molecular complexity index is 771. The molecule has 0 aliphatic heterocycles. The van der Waals surface area contributed by atoms with E-state index < -0.39 is 6.04 Å². The maximum absolute atomic E-state index is 13.1. The topological polar surface area (TPSA) is 58.6 Å². The summed E-state index contributed by atoms with van der Waals surface area (Å²) in [4.78, 5) is 27.1. The summed E-state index contributed by atoms with van der Waals surface area (Å²) in [6.45, 7) is 4.30. The largest absolute Gasteiger partial charge is 0.497 e. The van der Waals surface area contributed by atoms with Crippen molar-refractivity contribution in [3.63, 3.8) is 0 Å². The van der Waals surface area contributed by atoms with Crippen molar-refractivity contribution < 1.29 is 14.3 Å². The lowest BCUT2D eigenvalue weighted by molar-refractivity contribution is -0.140. The molecule has 0 aliphatic carbocycles. The fraction of sp³-hybridized carbons (Fsp3) is 0.364. The molecular weight excluding hydrogens is 340 g/mol. The molecular formula is C22H28N2O3. The highest BCUT2D eigenvalue weighted by molar-refractivity contribution is 5.88. The van der Waals surface area contributed by atoms with Gasteiger partial charge >= 0.3 is 0 Å². The minimum atomic E-state index is -0.505. The van der Waals surface area contributed by atoms with Gasteiger partial charge in [0.2, 0.25) is 11.8 Å². The van der Waals surface area contributed by atoms with Gasteiger partial charge in [-0.3, -0.25) is 9.59 Å². The number of amides is 2. The van der Waals surface area contributed by atoms with Crippen LogP contribution in [0.15, 0.2) is 48.5 Å². The summed E-state index contributed by atoms with van der Waals surface area (Å²) in [5.41, 5.74) is 3.02. The Kier molecular flexibility index (Phi) is 7.41. The number of benzene rings is 2. The van der Waals surface area contributed by atoms with Crippen molar-refractivity contribution in [1.29, 1.82) is 0 Å². The van der Waals surface area contributed by atoms with Crippen molar-refractivity contribution in [1.82, 2.24) is 10.2 Å². The van der Waals surface area contributed by atoms with Crippen molar-refractivity contribution in [3.05, 3.63) is 65.2 Å². The van der Waals surface area contributed by atoms with Gasteiger partial charge < -0.3 is 15.0 Å². The van der Waals surface area contributed by atoms with Crippen molar-refractivity contribution in [2.24, 2.45) is 0 Å². The fourth-order valence-electron chi connectivity index (χ4n) is 3.11. The van der Waals surface area contributed by atoms with Crippen LogP contribution >= 0.6 is 0 Å². The summed E-state index contributed by atoms with van der Waals surface area (Å²) in [6, 6.07) is 14.9. The molecule has 2 rings (SSSR count). The lowest BCUT2D eigenvalue weighted by Crippen LogP contribution is -2.48. The molecule has 5 nitrogen and oxygen atoms in total. The lowest BCUT2D eigenvalue weighted by atomic mass is 10.1. The van der Waals surface area contributed by atoms with E-state index in [1.54, 1.807) is 19.1 Å². The SMILES string of the molecule is CCC(C(=O)NC)N(Cc1ccc(OC)cc1)C(=O)Cc1cccc(C)c1. The highest BCUT2D eigenvalue weighted by Gasteiger charge is 2.28. The molecule has 0 aromatic heterocycles. The van der Waals surface area contributed by atoms with E-state index in [0.717, 1.165) is 22.4 Å². The van der Waals surface area contributed by atoms with E-state index in [1.165, 1.54) is 0 Å². The molecule has 0 spiro atoms. The van der Waals surface area contributed by atoms with Crippen molar-refractivity contribution >= 4 is 11.8 Å². The molecule has 2 aromatic carbocycles. The Hall–Kier alpha value is -2.82. The number of likely N-dealkylation sites (N-methyl/N-ethyl adjacent to an activating group) is 1. The Morgan fingerprint density at radius 3 is 2.37 bits per heavy atom. The van der Waals surface area contributed by atoms with Crippen LogP contribution in [0.3, 0.4) is 0 Å². The number of ether oxygens (including phenoxy) is 1. The minimum Gasteiger partial charge on any atom is -0.497 e. The van der Waals surface area contributed by atoms with E-state index in [0.29, 0.717) is 13.0 Å². The van der Waals surface area contributed by atoms with Gasteiger partial charge in [0.25, 0.3) is 0 Å². The third-order valence-electron chi connectivity index (χ3n) is 4.58. The highest BCUT2D eigenvalue weighted by atomic mass is 16.5. The summed E-state index contributed by atoms with van der Waals surface area (Å²) in [7, 11) is 3.22. The van der Waals surface area contributed by atoms with Crippen LogP contribution in [0.1, 0.15) is 30.0 Å². The number of rotatable bonds is 8. The molecule has 2 aromatic rings. The standard InChI is InChI=1S/C22H28N2O3/c1-5-20(22(26)23-3)24(15-17-9-11-19(27-4)12-10-17)21(25)14-18-8-6-7-16(2)13-18/h6-13,20H,5,14-15H2,1-4H3,(H,23,26). The Balaban J connectivity index is 2.26. The number of nitrogens with zero attached hydrogens (tertiary/aromatic N) is 1. The first-order chi connectivity index (χ1) is 13.0. The normalized spacial score (nSPS) is 11.6. The predicted octanol–water partition coefficient (Wildman–Crippen LogP) is 3.10. The fourth-order valence-corrected chi connectivity index (χ4v) is 3.11. The van der Waals surface area contributed by atoms with Gasteiger partial charge in [0.15, 0.2) is 0 Å². The van der Waals surface area contributed by atoms with Crippen molar-refractivity contribution in [3.8, 4) is 5.75 Å². The minimum absolute atomic E-state index is 0.0631. The second-order valence-electron chi connectivity index (χ2n) is 6.57. The van der Waals surface area contributed by atoms with Crippen LogP contribution in [0.2, 0.25) is 0 Å². The lowest BCUT2D eigenvalue weighted by Gasteiger charge is -2.30. The van der Waals surface area contributed by atoms with Crippen LogP contribution in [0, 0.1) is 6.92 Å². The number of methoxy groups -OCH3 is 1. The van der Waals surface area contributed by atoms with Crippen LogP contribution in [0.5, 0.6) is 5.75 Å². The maximum Gasteiger partial charge on any atom is 0.242 e. The summed E-state index contributed by atoms with van der Waals surface area (Å²) >= 11 is 0. The number of aryl methyl sites for hydroxylation is 1. The number of hydrogen-bond acceptors (Lipinski definition) is 3. The molecule has 0 saturated carbocycles. The highest BCUT2D eigenvalue weighted by Crippen LogP contribution is 2.17. The van der Waals surface area contributed by atoms with E-state index in [2.05, 4.69) is 5.32 Å². The van der Waals surface area contributed by atoms with Crippen LogP contribution < -0.4 is 10.1 Å². The van der Waals surface area contributed by atoms with Gasteiger partial charge in [-0.05, 0) is 36.6 Å². The zero-order valence-corrected chi connectivity index (χ0v) is 16.5. The molecule has 0 saturated heterocycles. The number of carbonyl (C=O) groups is 2. The molecule has 0 radical (unpaired) electrons. The smallest absolute Gasteiger partial charge is 0.242 e. The molecule has 1 N–H and O–H groups in total. The molecule has 2 amide bonds. The van der Waals surface area contributed by atoms with Crippen molar-refractivity contribution in [2.45, 2.75) is 39.3 Å². The van der Waals surface area contributed by atoms with E-state index in [-0.39, 0.29) is 18.2 Å². The Morgan fingerprint density at radius 2 is 1.81 bits per heavy atom. The van der Waals surface area contributed by atoms with E-state index in [9.17, 15) is 9.59 Å². The van der Waals surface area contributed by atoms with Crippen LogP contribution in [0.4, 0.5) is 0 Å². The summed E-state index contributed by atoms with van der Waals surface area (Å²) in [5, 5.41) is 2.68. The van der Waals surface area contributed by atoms with Gasteiger partial charge in [0, 0.05) is 13.6 Å². The van der Waals surface area contributed by atoms with Gasteiger partial charge in [0.1, 0.15) is 11.8 Å². The van der Waals surface area contributed by atoms with E-state index in [4.69, 9.17) is 4.74 Å². The zero-order valence-electron chi connectivity index (χ0n) is 16.5. The molecule has 0 fully saturated rings. The van der Waals surface area contributed by atoms with Crippen LogP contribution in [-0.4, -0.2) is 36.9 Å². The van der Waals surface area contributed by atoms with E-state index >= 15 is 0 Å². The number of hydrogen-bond donors (Lipinski definition) is 1. The summed E-state index contributed by atoms with van der Waals surface area (Å²) < 4.78 is 5.19. The van der Waals surface area contributed by atoms with Crippen molar-refractivity contribution in [2.75, 3.05) is 14.2 Å². The van der Waals surface area contributed by atoms with Crippen LogP contribution in [0.25, 0.3) is 0 Å². The van der Waals surface area contributed by atoms with Gasteiger partial charge in [-0.2, -0.15) is 0 Å². The molecule has 0 aliphatic rings. The van der Waals surface area contributed by atoms with E-state index in [1.807, 2.05) is 62.4 Å². The molecule has 27 heavy (non-hydrogen) atoms. The average Bonchev–Trinajstić information content (AvgIpc) is 2.68. The monoisotopic (exact) mass is 368 g/mol. The molecule has 0 heterocycles. The van der Waals surface area contributed by atoms with Gasteiger partial charge in [-0.25, -0.2) is 0 Å². The molecule has 144 valence electrons. The second-order valence-corrected chi connectivity index (χ2v) is 6.57. The van der Waals surface area contributed by atoms with Gasteiger partial charge in [0.05, 0.1) is 13.5 Å². The van der Waals surface area contributed by atoms with Crippen LogP contribution in [-0.2, 0) is 22.6 Å². The maximum atomic E-state index is 13.1. The quantitative estimate of drug-likeness (QED) is 0.779. The zero-order chi connectivity index (χ0) is 19.8. The molecule has 1 atom stereocenters. The first-order valence-corrected chi connectivity index (χ1v) is 9.18. The van der Waals surface area contributed by atoms with Gasteiger partial charge in [-0.15, -0.1) is 0 Å². The van der Waals surface area contributed by atoms with Gasteiger partial charge in [-0.1, -0.05) is 48.9 Å². The Labute approximate surface area is 161 Å². The Morgan fingerprint density at radius 1 is 1.11 bits per heavy atom. The molecule has 1 unspecified atom stereocenters. The molecule has 0 bridgehead atoms. The summed E-state index contributed by atoms with van der Waals surface area (Å²) in [6.07, 6.45) is 0.820. The average molecular weight is 368 g/mol. The summed E-state index contributed by atoms with van der Waals surface area (Å²) in [5.74, 6) is 0.546. The number of nitrogens with one attached hydrogen (secondary N) is 1. The third kappa shape index (κ3) is 5.58. The molecule has 5 heteroatoms. The first-order valence-electron chi connectivity index (χ1n) is 9.18. The second kappa shape index (κ2) is 9.76. The first kappa shape index (κ1) is 20.5. The number of carbonyl (C=O) groups excluding carboxylic acids is 2. The predicted molar refractivity (Wildman–Crippen MR) is 107 cm³/mol. The third-order valence-corrected chi connectivity index (χ3v) is 4.58.